The van der Waals surface area contributed by atoms with Gasteiger partial charge in [-0.25, -0.2) is 0 Å². The number of hydrogen-bond acceptors (Lipinski definition) is 0. The van der Waals surface area contributed by atoms with Crippen molar-refractivity contribution < 1.29 is 0 Å². The molecule has 0 N–H and O–H groups in total. The van der Waals surface area contributed by atoms with Gasteiger partial charge in [-0.15, -0.1) is 11.6 Å². The lowest BCUT2D eigenvalue weighted by Gasteiger charge is -2.13. The highest BCUT2D eigenvalue weighted by molar-refractivity contribution is 9.10. The van der Waals surface area contributed by atoms with Crippen molar-refractivity contribution in [2.75, 3.05) is 0 Å². The molecule has 94 valence electrons. The van der Waals surface area contributed by atoms with E-state index in [-0.39, 0.29) is 5.38 Å². The maximum absolute atomic E-state index is 6.50. The van der Waals surface area contributed by atoms with Gasteiger partial charge in [0.2, 0.25) is 0 Å². The van der Waals surface area contributed by atoms with Crippen LogP contribution in [0.4, 0.5) is 0 Å². The highest BCUT2D eigenvalue weighted by Gasteiger charge is 2.12. The molecule has 2 aromatic carbocycles. The Bertz CT molecular complexity index is 552. The first-order chi connectivity index (χ1) is 8.56. The van der Waals surface area contributed by atoms with Crippen molar-refractivity contribution in [3.63, 3.8) is 0 Å². The maximum Gasteiger partial charge on any atom is 0.0628 e. The first-order valence-electron chi connectivity index (χ1n) is 5.71. The number of benzene rings is 2. The predicted octanol–water partition coefficient (Wildman–Crippen LogP) is 5.93. The largest absolute Gasteiger partial charge is 0.117 e. The molecule has 0 spiro atoms. The Hall–Kier alpha value is -0.500. The minimum atomic E-state index is -0.0574. The average Bonchev–Trinajstić information content (AvgIpc) is 2.32. The number of rotatable bonds is 3. The fraction of sp³-hybridized carbons (Fsp3) is 0.200. The van der Waals surface area contributed by atoms with E-state index in [1.54, 1.807) is 0 Å². The van der Waals surface area contributed by atoms with Gasteiger partial charge in [0, 0.05) is 9.50 Å². The minimum absolute atomic E-state index is 0.0574. The van der Waals surface area contributed by atoms with Gasteiger partial charge in [0.25, 0.3) is 0 Å². The minimum Gasteiger partial charge on any atom is -0.117 e. The molecule has 3 heteroatoms. The van der Waals surface area contributed by atoms with Crippen LogP contribution in [0, 0.1) is 6.92 Å². The Balaban J connectivity index is 2.21. The van der Waals surface area contributed by atoms with E-state index in [0.29, 0.717) is 0 Å². The third kappa shape index (κ3) is 3.50. The zero-order valence-electron chi connectivity index (χ0n) is 9.96. The lowest BCUT2D eigenvalue weighted by Crippen LogP contribution is -1.98. The average molecular weight is 344 g/mol. The Morgan fingerprint density at radius 3 is 2.67 bits per heavy atom. The molecule has 2 rings (SSSR count). The lowest BCUT2D eigenvalue weighted by molar-refractivity contribution is 0.909. The normalized spacial score (nSPS) is 12.4. The molecule has 0 radical (unpaired) electrons. The quantitative estimate of drug-likeness (QED) is 0.605. The van der Waals surface area contributed by atoms with Crippen LogP contribution in [-0.4, -0.2) is 0 Å². The van der Waals surface area contributed by atoms with Gasteiger partial charge < -0.3 is 0 Å². The molecule has 0 nitrogen and oxygen atoms in total. The molecule has 1 unspecified atom stereocenters. The van der Waals surface area contributed by atoms with E-state index < -0.39 is 0 Å². The van der Waals surface area contributed by atoms with Gasteiger partial charge in [0.05, 0.1) is 5.38 Å². The van der Waals surface area contributed by atoms with Gasteiger partial charge in [0.15, 0.2) is 0 Å². The highest BCUT2D eigenvalue weighted by Crippen LogP contribution is 2.30. The van der Waals surface area contributed by atoms with E-state index in [1.165, 1.54) is 11.1 Å². The zero-order chi connectivity index (χ0) is 13.1. The summed E-state index contributed by atoms with van der Waals surface area (Å²) in [6.45, 7) is 2.06. The topological polar surface area (TPSA) is 0 Å². The van der Waals surface area contributed by atoms with Gasteiger partial charge in [-0.05, 0) is 54.3 Å². The van der Waals surface area contributed by atoms with Crippen LogP contribution in [0.25, 0.3) is 0 Å². The summed E-state index contributed by atoms with van der Waals surface area (Å²) in [6.07, 6.45) is 0.794. The predicted molar refractivity (Wildman–Crippen MR) is 82.6 cm³/mol. The van der Waals surface area contributed by atoms with Crippen molar-refractivity contribution in [2.24, 2.45) is 0 Å². The smallest absolute Gasteiger partial charge is 0.0628 e. The number of halogens is 3. The third-order valence-corrected chi connectivity index (χ3v) is 4.00. The van der Waals surface area contributed by atoms with Crippen molar-refractivity contribution in [2.45, 2.75) is 18.7 Å². The van der Waals surface area contributed by atoms with E-state index in [1.807, 2.05) is 30.3 Å². The Morgan fingerprint density at radius 2 is 1.94 bits per heavy atom. The van der Waals surface area contributed by atoms with Crippen LogP contribution in [-0.2, 0) is 6.42 Å². The first-order valence-corrected chi connectivity index (χ1v) is 7.31. The monoisotopic (exact) mass is 342 g/mol. The van der Waals surface area contributed by atoms with Crippen LogP contribution in [0.15, 0.2) is 46.9 Å². The van der Waals surface area contributed by atoms with Crippen molar-refractivity contribution >= 4 is 39.1 Å². The second-order valence-corrected chi connectivity index (χ2v) is 6.18. The Labute approximate surface area is 126 Å². The molecule has 0 heterocycles. The van der Waals surface area contributed by atoms with Crippen molar-refractivity contribution in [1.29, 1.82) is 0 Å². The molecule has 0 aliphatic heterocycles. The van der Waals surface area contributed by atoms with Crippen LogP contribution in [0.1, 0.15) is 22.1 Å². The van der Waals surface area contributed by atoms with Gasteiger partial charge >= 0.3 is 0 Å². The van der Waals surface area contributed by atoms with Crippen LogP contribution < -0.4 is 0 Å². The van der Waals surface area contributed by atoms with Crippen molar-refractivity contribution in [3.8, 4) is 0 Å². The van der Waals surface area contributed by atoms with Crippen molar-refractivity contribution in [3.05, 3.63) is 68.7 Å². The van der Waals surface area contributed by atoms with E-state index in [4.69, 9.17) is 23.2 Å². The van der Waals surface area contributed by atoms with Crippen LogP contribution in [0.2, 0.25) is 5.02 Å². The summed E-state index contributed by atoms with van der Waals surface area (Å²) in [4.78, 5) is 0. The summed E-state index contributed by atoms with van der Waals surface area (Å²) in [5, 5.41) is 0.675. The molecular formula is C15H13BrCl2. The van der Waals surface area contributed by atoms with Gasteiger partial charge in [-0.1, -0.05) is 45.7 Å². The molecule has 0 amide bonds. The number of alkyl halides is 1. The molecule has 0 aliphatic carbocycles. The van der Waals surface area contributed by atoms with Crippen LogP contribution >= 0.6 is 39.1 Å². The third-order valence-electron chi connectivity index (χ3n) is 2.88. The number of aryl methyl sites for hydroxylation is 1. The summed E-state index contributed by atoms with van der Waals surface area (Å²) >= 11 is 16.0. The maximum atomic E-state index is 6.50. The molecule has 0 aromatic heterocycles. The number of hydrogen-bond donors (Lipinski definition) is 0. The standard InChI is InChI=1S/C15H13BrCl2/c1-10-5-6-13(17)9-14(10)15(18)8-11-3-2-4-12(16)7-11/h2-7,9,15H,8H2,1H3. The van der Waals surface area contributed by atoms with E-state index >= 15 is 0 Å². The molecule has 2 aromatic rings. The second-order valence-electron chi connectivity index (χ2n) is 4.30. The molecule has 1 atom stereocenters. The first kappa shape index (κ1) is 13.9. The summed E-state index contributed by atoms with van der Waals surface area (Å²) in [5.74, 6) is 0. The summed E-state index contributed by atoms with van der Waals surface area (Å²) in [5.41, 5.74) is 3.49. The van der Waals surface area contributed by atoms with Crippen LogP contribution in [0.5, 0.6) is 0 Å². The highest BCUT2D eigenvalue weighted by atomic mass is 79.9. The van der Waals surface area contributed by atoms with Gasteiger partial charge in [-0.2, -0.15) is 0 Å². The molecule has 0 bridgehead atoms. The molecular weight excluding hydrogens is 331 g/mol. The molecule has 0 fully saturated rings. The van der Waals surface area contributed by atoms with E-state index in [9.17, 15) is 0 Å². The van der Waals surface area contributed by atoms with E-state index in [2.05, 4.69) is 35.0 Å². The zero-order valence-corrected chi connectivity index (χ0v) is 13.1. The molecule has 0 saturated heterocycles. The summed E-state index contributed by atoms with van der Waals surface area (Å²) in [6, 6.07) is 14.1. The fourth-order valence-corrected chi connectivity index (χ4v) is 2.97. The van der Waals surface area contributed by atoms with Gasteiger partial charge in [0.1, 0.15) is 0 Å². The molecule has 18 heavy (non-hydrogen) atoms. The lowest BCUT2D eigenvalue weighted by atomic mass is 10.0. The fourth-order valence-electron chi connectivity index (χ4n) is 1.93. The second kappa shape index (κ2) is 6.10. The van der Waals surface area contributed by atoms with Gasteiger partial charge in [-0.3, -0.25) is 0 Å². The molecule has 0 saturated carbocycles. The van der Waals surface area contributed by atoms with E-state index in [0.717, 1.165) is 21.5 Å². The molecule has 0 aliphatic rings. The Morgan fingerprint density at radius 1 is 1.17 bits per heavy atom. The Kier molecular flexibility index (Phi) is 4.71. The SMILES string of the molecule is Cc1ccc(Cl)cc1C(Cl)Cc1cccc(Br)c1. The summed E-state index contributed by atoms with van der Waals surface area (Å²) < 4.78 is 1.08. The van der Waals surface area contributed by atoms with Crippen LogP contribution in [0.3, 0.4) is 0 Å². The van der Waals surface area contributed by atoms with Crippen molar-refractivity contribution in [1.82, 2.24) is 0 Å². The summed E-state index contributed by atoms with van der Waals surface area (Å²) in [7, 11) is 0.